The number of aromatic nitrogens is 3. The van der Waals surface area contributed by atoms with Crippen LogP contribution in [0.15, 0.2) is 42.7 Å². The van der Waals surface area contributed by atoms with Crippen LogP contribution < -0.4 is 15.5 Å². The maximum atomic E-state index is 15.1. The van der Waals surface area contributed by atoms with Gasteiger partial charge in [0, 0.05) is 42.5 Å². The van der Waals surface area contributed by atoms with E-state index in [9.17, 15) is 14.0 Å². The largest absolute Gasteiger partial charge is 0.355 e. The summed E-state index contributed by atoms with van der Waals surface area (Å²) in [4.78, 5) is 40.4. The Morgan fingerprint density at radius 2 is 1.74 bits per heavy atom. The minimum absolute atomic E-state index is 0.0192. The molecule has 2 aromatic heterocycles. The molecule has 0 unspecified atom stereocenters. The first-order valence-electron chi connectivity index (χ1n) is 16.6. The number of anilines is 3. The van der Waals surface area contributed by atoms with E-state index in [0.29, 0.717) is 34.7 Å². The van der Waals surface area contributed by atoms with Crippen molar-refractivity contribution in [2.75, 3.05) is 30.4 Å². The number of hydrogen-bond donors (Lipinski definition) is 2. The van der Waals surface area contributed by atoms with Gasteiger partial charge in [0.15, 0.2) is 5.82 Å². The maximum Gasteiger partial charge on any atom is 0.254 e. The Morgan fingerprint density at radius 3 is 2.45 bits per heavy atom. The van der Waals surface area contributed by atoms with Gasteiger partial charge in [0.2, 0.25) is 5.91 Å². The summed E-state index contributed by atoms with van der Waals surface area (Å²) in [6.07, 6.45) is 7.44. The molecular weight excluding hydrogens is 600 g/mol. The first kappa shape index (κ1) is 31.2. The topological polar surface area (TPSA) is 95.4 Å². The second kappa shape index (κ2) is 11.7. The standard InChI is InChI=1S/C36H41F2N7O2/c1-20(2)44-19-40-30-18-28(41-33(32(30)44)42-29-16-24(34(46)39-5)26(37)17-27(29)38)21-9-10-25-31(13-21)45(35(47)36(25,3)4)23-14-22(15-23)43-11-7-6-8-12-43/h9-10,13,16-20,22-23H,6-8,11-12,14-15H2,1-5H3,(H,39,46)(H,41,42)/t22-,23+. The molecule has 47 heavy (non-hydrogen) atoms. The fourth-order valence-electron chi connectivity index (χ4n) is 7.43. The third-order valence-electron chi connectivity index (χ3n) is 10.2. The Kier molecular flexibility index (Phi) is 7.77. The molecule has 0 radical (unpaired) electrons. The van der Waals surface area contributed by atoms with Crippen molar-refractivity contribution in [2.45, 2.75) is 83.3 Å². The second-order valence-corrected chi connectivity index (χ2v) is 13.9. The Balaban J connectivity index is 1.28. The van der Waals surface area contributed by atoms with E-state index < -0.39 is 23.0 Å². The Hall–Kier alpha value is -4.38. The van der Waals surface area contributed by atoms with Crippen molar-refractivity contribution in [1.29, 1.82) is 0 Å². The summed E-state index contributed by atoms with van der Waals surface area (Å²) in [7, 11) is 1.39. The highest BCUT2D eigenvalue weighted by Gasteiger charge is 2.50. The van der Waals surface area contributed by atoms with Gasteiger partial charge in [-0.15, -0.1) is 0 Å². The predicted molar refractivity (Wildman–Crippen MR) is 179 cm³/mol. The third kappa shape index (κ3) is 5.24. The number of rotatable bonds is 7. The van der Waals surface area contributed by atoms with Crippen LogP contribution in [0.1, 0.15) is 81.8 Å². The number of piperidine rings is 1. The molecule has 11 heteroatoms. The fourth-order valence-corrected chi connectivity index (χ4v) is 7.43. The van der Waals surface area contributed by atoms with Gasteiger partial charge < -0.3 is 25.0 Å². The van der Waals surface area contributed by atoms with Crippen LogP contribution in [-0.4, -0.2) is 63.5 Å². The zero-order valence-corrected chi connectivity index (χ0v) is 27.5. The highest BCUT2D eigenvalue weighted by atomic mass is 19.1. The molecule has 2 N–H and O–H groups in total. The molecule has 1 saturated heterocycles. The van der Waals surface area contributed by atoms with Crippen LogP contribution in [0, 0.1) is 11.6 Å². The van der Waals surface area contributed by atoms with Gasteiger partial charge in [-0.2, -0.15) is 0 Å². The smallest absolute Gasteiger partial charge is 0.254 e. The van der Waals surface area contributed by atoms with E-state index in [4.69, 9.17) is 4.98 Å². The van der Waals surface area contributed by atoms with Crippen molar-refractivity contribution in [3.05, 3.63) is 65.5 Å². The zero-order valence-electron chi connectivity index (χ0n) is 27.5. The van der Waals surface area contributed by atoms with Crippen LogP contribution in [0.2, 0.25) is 0 Å². The van der Waals surface area contributed by atoms with Crippen LogP contribution in [0.3, 0.4) is 0 Å². The van der Waals surface area contributed by atoms with Gasteiger partial charge in [0.05, 0.1) is 34.2 Å². The Bertz CT molecular complexity index is 1890. The molecule has 1 saturated carbocycles. The number of nitrogens with one attached hydrogen (secondary N) is 2. The van der Waals surface area contributed by atoms with Crippen LogP contribution in [-0.2, 0) is 10.2 Å². The average Bonchev–Trinajstić information content (AvgIpc) is 3.55. The summed E-state index contributed by atoms with van der Waals surface area (Å²) in [5.74, 6) is -2.05. The molecule has 1 aliphatic carbocycles. The van der Waals surface area contributed by atoms with Gasteiger partial charge in [0.25, 0.3) is 5.91 Å². The molecule has 246 valence electrons. The minimum atomic E-state index is -0.958. The van der Waals surface area contributed by atoms with E-state index in [1.807, 2.05) is 61.4 Å². The first-order valence-corrected chi connectivity index (χ1v) is 16.6. The van der Waals surface area contributed by atoms with Gasteiger partial charge in [-0.3, -0.25) is 9.59 Å². The number of hydrogen-bond acceptors (Lipinski definition) is 6. The van der Waals surface area contributed by atoms with E-state index in [2.05, 4.69) is 20.5 Å². The number of fused-ring (bicyclic) bond motifs is 2. The summed E-state index contributed by atoms with van der Waals surface area (Å²) in [5, 5.41) is 5.44. The van der Waals surface area contributed by atoms with Gasteiger partial charge in [0.1, 0.15) is 17.2 Å². The lowest BCUT2D eigenvalue weighted by atomic mass is 9.82. The lowest BCUT2D eigenvalue weighted by Gasteiger charge is -2.48. The quantitative estimate of drug-likeness (QED) is 0.233. The van der Waals surface area contributed by atoms with Gasteiger partial charge >= 0.3 is 0 Å². The summed E-state index contributed by atoms with van der Waals surface area (Å²) >= 11 is 0. The number of halogens is 2. The first-order chi connectivity index (χ1) is 22.5. The van der Waals surface area contributed by atoms with Gasteiger partial charge in [-0.1, -0.05) is 18.6 Å². The summed E-state index contributed by atoms with van der Waals surface area (Å²) < 4.78 is 31.6. The summed E-state index contributed by atoms with van der Waals surface area (Å²) in [6, 6.07) is 10.4. The van der Waals surface area contributed by atoms with Crippen molar-refractivity contribution in [1.82, 2.24) is 24.8 Å². The van der Waals surface area contributed by atoms with Crippen LogP contribution in [0.4, 0.5) is 26.0 Å². The number of carbonyl (C=O) groups is 2. The van der Waals surface area contributed by atoms with E-state index in [1.54, 1.807) is 6.33 Å². The zero-order chi connectivity index (χ0) is 33.2. The monoisotopic (exact) mass is 641 g/mol. The van der Waals surface area contributed by atoms with Crippen molar-refractivity contribution < 1.29 is 18.4 Å². The molecule has 2 fully saturated rings. The number of pyridine rings is 1. The Morgan fingerprint density at radius 1 is 1.00 bits per heavy atom. The molecular formula is C36H41F2N7O2. The molecule has 4 heterocycles. The fraction of sp³-hybridized carbons (Fsp3) is 0.444. The van der Waals surface area contributed by atoms with Crippen molar-refractivity contribution in [3.8, 4) is 11.3 Å². The molecule has 9 nitrogen and oxygen atoms in total. The van der Waals surface area contributed by atoms with Gasteiger partial charge in [-0.05, 0) is 90.2 Å². The summed E-state index contributed by atoms with van der Waals surface area (Å²) in [5.41, 5.74) is 3.54. The Labute approximate surface area is 273 Å². The molecule has 7 rings (SSSR count). The van der Waals surface area contributed by atoms with E-state index in [1.165, 1.54) is 26.3 Å². The lowest BCUT2D eigenvalue weighted by molar-refractivity contribution is -0.123. The van der Waals surface area contributed by atoms with E-state index >= 15 is 4.39 Å². The number of nitrogens with zero attached hydrogens (tertiary/aromatic N) is 5. The van der Waals surface area contributed by atoms with Crippen molar-refractivity contribution >= 4 is 40.0 Å². The molecule has 0 bridgehead atoms. The van der Waals surface area contributed by atoms with Crippen LogP contribution in [0.5, 0.6) is 0 Å². The highest BCUT2D eigenvalue weighted by Crippen LogP contribution is 2.48. The number of carbonyl (C=O) groups excluding carboxylic acids is 2. The van der Waals surface area contributed by atoms with Crippen molar-refractivity contribution in [3.63, 3.8) is 0 Å². The van der Waals surface area contributed by atoms with Crippen LogP contribution >= 0.6 is 0 Å². The average molecular weight is 642 g/mol. The van der Waals surface area contributed by atoms with E-state index in [0.717, 1.165) is 48.8 Å². The van der Waals surface area contributed by atoms with E-state index in [-0.39, 0.29) is 29.2 Å². The third-order valence-corrected chi connectivity index (χ3v) is 10.2. The number of amides is 2. The molecule has 2 aromatic carbocycles. The normalized spacial score (nSPS) is 20.9. The van der Waals surface area contributed by atoms with Gasteiger partial charge in [-0.25, -0.2) is 18.7 Å². The maximum absolute atomic E-state index is 15.1. The molecule has 3 aliphatic rings. The second-order valence-electron chi connectivity index (χ2n) is 13.9. The highest BCUT2D eigenvalue weighted by molar-refractivity contribution is 6.09. The van der Waals surface area contributed by atoms with Crippen molar-refractivity contribution in [2.24, 2.45) is 0 Å². The number of likely N-dealkylation sites (tertiary alicyclic amines) is 1. The van der Waals surface area contributed by atoms with Crippen LogP contribution in [0.25, 0.3) is 22.3 Å². The SMILES string of the molecule is CNC(=O)c1cc(Nc2nc(-c3ccc4c(c3)N([C@H]3C[C@@H](N5CCCCC5)C3)C(=O)C4(C)C)cc3ncn(C(C)C)c23)c(F)cc1F. The number of imidazole rings is 1. The molecule has 2 amide bonds. The molecule has 4 aromatic rings. The molecule has 2 aliphatic heterocycles. The molecule has 0 atom stereocenters. The summed E-state index contributed by atoms with van der Waals surface area (Å²) in [6.45, 7) is 10.3. The minimum Gasteiger partial charge on any atom is -0.355 e. The number of benzene rings is 2. The molecule has 0 spiro atoms. The lowest BCUT2D eigenvalue weighted by Crippen LogP contribution is -2.57. The predicted octanol–water partition coefficient (Wildman–Crippen LogP) is 6.70.